The zero-order valence-electron chi connectivity index (χ0n) is 12.4. The average molecular weight is 251 g/mol. The number of hydrogen-bond donors (Lipinski definition) is 1. The molecule has 4 heteroatoms. The molecular formula is C14H25N3O. The molecule has 1 rings (SSSR count). The Hall–Kier alpha value is -1.00. The molecule has 0 saturated heterocycles. The summed E-state index contributed by atoms with van der Waals surface area (Å²) in [6.45, 7) is 12.0. The molecule has 1 N–H and O–H groups in total. The van der Waals surface area contributed by atoms with Crippen LogP contribution in [-0.2, 0) is 17.7 Å². The molecule has 0 fully saturated rings. The molecule has 102 valence electrons. The number of methoxy groups -OCH3 is 1. The van der Waals surface area contributed by atoms with Crippen molar-refractivity contribution in [2.45, 2.75) is 53.1 Å². The maximum absolute atomic E-state index is 5.06. The molecule has 0 aliphatic carbocycles. The molecule has 0 bridgehead atoms. The van der Waals surface area contributed by atoms with E-state index in [1.165, 1.54) is 5.56 Å². The van der Waals surface area contributed by atoms with Gasteiger partial charge in [0.15, 0.2) is 0 Å². The minimum absolute atomic E-state index is 0.105. The van der Waals surface area contributed by atoms with E-state index in [9.17, 15) is 0 Å². The highest BCUT2D eigenvalue weighted by Gasteiger charge is 2.13. The van der Waals surface area contributed by atoms with Crippen molar-refractivity contribution in [3.8, 4) is 0 Å². The predicted molar refractivity (Wildman–Crippen MR) is 73.7 cm³/mol. The molecule has 0 atom stereocenters. The van der Waals surface area contributed by atoms with E-state index in [4.69, 9.17) is 4.74 Å². The fourth-order valence-electron chi connectivity index (χ4n) is 1.72. The zero-order chi connectivity index (χ0) is 13.8. The molecule has 0 aromatic carbocycles. The number of aryl methyl sites for hydroxylation is 2. The molecular weight excluding hydrogens is 226 g/mol. The first-order chi connectivity index (χ1) is 8.33. The second kappa shape index (κ2) is 6.25. The third kappa shape index (κ3) is 4.70. The second-order valence-electron chi connectivity index (χ2n) is 5.64. The summed E-state index contributed by atoms with van der Waals surface area (Å²) in [5.74, 6) is 0.867. The van der Waals surface area contributed by atoms with Crippen LogP contribution >= 0.6 is 0 Å². The number of ether oxygens (including phenoxy) is 1. The van der Waals surface area contributed by atoms with Crippen LogP contribution in [0, 0.1) is 13.8 Å². The van der Waals surface area contributed by atoms with Crippen LogP contribution in [0.1, 0.15) is 43.5 Å². The summed E-state index contributed by atoms with van der Waals surface area (Å²) in [6.07, 6.45) is 0.769. The van der Waals surface area contributed by atoms with Crippen molar-refractivity contribution in [3.63, 3.8) is 0 Å². The Kier molecular flexibility index (Phi) is 5.23. The van der Waals surface area contributed by atoms with Crippen LogP contribution in [-0.4, -0.2) is 29.2 Å². The summed E-state index contributed by atoms with van der Waals surface area (Å²) < 4.78 is 5.06. The van der Waals surface area contributed by atoms with Crippen molar-refractivity contribution < 1.29 is 4.74 Å². The fourth-order valence-corrected chi connectivity index (χ4v) is 1.72. The summed E-state index contributed by atoms with van der Waals surface area (Å²) in [6, 6.07) is 0. The van der Waals surface area contributed by atoms with Crippen LogP contribution in [0.5, 0.6) is 0 Å². The number of nitrogens with one attached hydrogen (secondary N) is 1. The van der Waals surface area contributed by atoms with E-state index in [0.717, 1.165) is 30.2 Å². The number of nitrogens with zero attached hydrogens (tertiary/aromatic N) is 2. The van der Waals surface area contributed by atoms with E-state index in [2.05, 4.69) is 36.1 Å². The first-order valence-corrected chi connectivity index (χ1v) is 6.40. The van der Waals surface area contributed by atoms with Gasteiger partial charge in [-0.25, -0.2) is 9.97 Å². The summed E-state index contributed by atoms with van der Waals surface area (Å²) in [4.78, 5) is 9.08. The molecule has 0 radical (unpaired) electrons. The molecule has 1 aromatic rings. The average Bonchev–Trinajstić information content (AvgIpc) is 2.23. The van der Waals surface area contributed by atoms with Gasteiger partial charge in [0.2, 0.25) is 0 Å². The van der Waals surface area contributed by atoms with Crippen molar-refractivity contribution in [1.29, 1.82) is 0 Å². The van der Waals surface area contributed by atoms with Gasteiger partial charge in [0.25, 0.3) is 0 Å². The fraction of sp³-hybridized carbons (Fsp3) is 0.714. The summed E-state index contributed by atoms with van der Waals surface area (Å²) in [7, 11) is 1.70. The lowest BCUT2D eigenvalue weighted by atomic mass is 10.1. The lowest BCUT2D eigenvalue weighted by molar-refractivity contribution is 0.200. The van der Waals surface area contributed by atoms with E-state index in [1.54, 1.807) is 7.11 Å². The smallest absolute Gasteiger partial charge is 0.131 e. The van der Waals surface area contributed by atoms with Crippen LogP contribution in [0.4, 0.5) is 0 Å². The lowest BCUT2D eigenvalue weighted by Crippen LogP contribution is -2.35. The number of aromatic nitrogens is 2. The molecule has 0 unspecified atom stereocenters. The molecule has 18 heavy (non-hydrogen) atoms. The minimum Gasteiger partial charge on any atom is -0.384 e. The Morgan fingerprint density at radius 2 is 1.67 bits per heavy atom. The highest BCUT2D eigenvalue weighted by Crippen LogP contribution is 2.12. The summed E-state index contributed by atoms with van der Waals surface area (Å²) >= 11 is 0. The highest BCUT2D eigenvalue weighted by atomic mass is 16.5. The minimum atomic E-state index is 0.105. The van der Waals surface area contributed by atoms with Crippen LogP contribution in [0.15, 0.2) is 0 Å². The quantitative estimate of drug-likeness (QED) is 0.871. The Morgan fingerprint density at radius 3 is 2.11 bits per heavy atom. The number of hydrogen-bond acceptors (Lipinski definition) is 4. The van der Waals surface area contributed by atoms with Gasteiger partial charge in [-0.2, -0.15) is 0 Å². The third-order valence-electron chi connectivity index (χ3n) is 2.79. The van der Waals surface area contributed by atoms with Crippen LogP contribution in [0.2, 0.25) is 0 Å². The standard InChI is InChI=1S/C14H25N3O/c1-10-12(9-15-14(3,4)5)11(2)17-13(16-10)7-8-18-6/h15H,7-9H2,1-6H3. The maximum Gasteiger partial charge on any atom is 0.131 e. The molecule has 1 heterocycles. The van der Waals surface area contributed by atoms with E-state index in [-0.39, 0.29) is 5.54 Å². The van der Waals surface area contributed by atoms with E-state index in [1.807, 2.05) is 13.8 Å². The van der Waals surface area contributed by atoms with Gasteiger partial charge in [-0.1, -0.05) is 0 Å². The van der Waals surface area contributed by atoms with Crippen molar-refractivity contribution in [3.05, 3.63) is 22.8 Å². The van der Waals surface area contributed by atoms with Gasteiger partial charge in [0.05, 0.1) is 6.61 Å². The molecule has 0 saturated carbocycles. The van der Waals surface area contributed by atoms with E-state index >= 15 is 0 Å². The van der Waals surface area contributed by atoms with E-state index < -0.39 is 0 Å². The molecule has 0 aliphatic rings. The molecule has 4 nitrogen and oxygen atoms in total. The molecule has 0 amide bonds. The maximum atomic E-state index is 5.06. The summed E-state index contributed by atoms with van der Waals surface area (Å²) in [5, 5.41) is 3.48. The predicted octanol–water partition coefficient (Wildman–Crippen LogP) is 2.17. The van der Waals surface area contributed by atoms with Crippen molar-refractivity contribution in [2.75, 3.05) is 13.7 Å². The highest BCUT2D eigenvalue weighted by molar-refractivity contribution is 5.24. The first kappa shape index (κ1) is 15.1. The summed E-state index contributed by atoms with van der Waals surface area (Å²) in [5.41, 5.74) is 3.43. The monoisotopic (exact) mass is 251 g/mol. The Bertz CT molecular complexity index is 374. The number of rotatable bonds is 5. The Balaban J connectivity index is 2.81. The van der Waals surface area contributed by atoms with Gasteiger partial charge >= 0.3 is 0 Å². The van der Waals surface area contributed by atoms with Gasteiger partial charge in [0.1, 0.15) is 5.82 Å². The normalized spacial score (nSPS) is 11.9. The van der Waals surface area contributed by atoms with Gasteiger partial charge in [-0.3, -0.25) is 0 Å². The van der Waals surface area contributed by atoms with Crippen LogP contribution < -0.4 is 5.32 Å². The van der Waals surface area contributed by atoms with Gasteiger partial charge < -0.3 is 10.1 Å². The van der Waals surface area contributed by atoms with E-state index in [0.29, 0.717) is 6.61 Å². The lowest BCUT2D eigenvalue weighted by Gasteiger charge is -2.22. The second-order valence-corrected chi connectivity index (χ2v) is 5.64. The molecule has 1 aromatic heterocycles. The van der Waals surface area contributed by atoms with Gasteiger partial charge in [0, 0.05) is 42.6 Å². The Labute approximate surface area is 110 Å². The van der Waals surface area contributed by atoms with Crippen molar-refractivity contribution in [1.82, 2.24) is 15.3 Å². The first-order valence-electron chi connectivity index (χ1n) is 6.40. The topological polar surface area (TPSA) is 47.0 Å². The van der Waals surface area contributed by atoms with Crippen molar-refractivity contribution >= 4 is 0 Å². The van der Waals surface area contributed by atoms with Gasteiger partial charge in [-0.15, -0.1) is 0 Å². The molecule has 0 aliphatic heterocycles. The Morgan fingerprint density at radius 1 is 1.11 bits per heavy atom. The third-order valence-corrected chi connectivity index (χ3v) is 2.79. The van der Waals surface area contributed by atoms with Crippen LogP contribution in [0.25, 0.3) is 0 Å². The molecule has 0 spiro atoms. The van der Waals surface area contributed by atoms with Gasteiger partial charge in [-0.05, 0) is 34.6 Å². The van der Waals surface area contributed by atoms with Crippen LogP contribution in [0.3, 0.4) is 0 Å². The van der Waals surface area contributed by atoms with Crippen molar-refractivity contribution in [2.24, 2.45) is 0 Å². The SMILES string of the molecule is COCCc1nc(C)c(CNC(C)(C)C)c(C)n1. The zero-order valence-corrected chi connectivity index (χ0v) is 12.4. The largest absolute Gasteiger partial charge is 0.384 e.